The topological polar surface area (TPSA) is 107 Å². The van der Waals surface area contributed by atoms with Crippen LogP contribution in [0.1, 0.15) is 40.2 Å². The molecule has 0 fully saturated rings. The first-order valence-electron chi connectivity index (χ1n) is 10.5. The maximum atomic E-state index is 5.54. The Bertz CT molecular complexity index is 759. The Balaban J connectivity index is 2.04. The van der Waals surface area contributed by atoms with E-state index >= 15 is 0 Å². The second-order valence-electron chi connectivity index (χ2n) is 8.37. The third-order valence-electron chi connectivity index (χ3n) is 4.23. The molecule has 0 spiro atoms. The van der Waals surface area contributed by atoms with Gasteiger partial charge in [-0.15, -0.1) is 0 Å². The Morgan fingerprint density at radius 2 is 1.53 bits per heavy atom. The van der Waals surface area contributed by atoms with Gasteiger partial charge in [0.2, 0.25) is 11.9 Å². The van der Waals surface area contributed by atoms with Gasteiger partial charge >= 0.3 is 0 Å². The van der Waals surface area contributed by atoms with Crippen LogP contribution in [0.4, 0.5) is 11.9 Å². The Morgan fingerprint density at radius 3 is 2.13 bits per heavy atom. The van der Waals surface area contributed by atoms with Gasteiger partial charge in [-0.2, -0.15) is 15.0 Å². The molecule has 2 aromatic rings. The second kappa shape index (κ2) is 11.8. The Hall–Kier alpha value is -2.29. The number of nitrogens with two attached hydrogens (primary N) is 1. The minimum absolute atomic E-state index is 0.101. The number of hydrogen-bond donors (Lipinski definition) is 3. The highest BCUT2D eigenvalue weighted by molar-refractivity contribution is 5.59. The van der Waals surface area contributed by atoms with E-state index in [2.05, 4.69) is 84.5 Å². The van der Waals surface area contributed by atoms with E-state index < -0.39 is 0 Å². The summed E-state index contributed by atoms with van der Waals surface area (Å²) in [6.45, 7) is 14.0. The van der Waals surface area contributed by atoms with Crippen molar-refractivity contribution in [3.63, 3.8) is 0 Å². The molecule has 0 saturated heterocycles. The summed E-state index contributed by atoms with van der Waals surface area (Å²) < 4.78 is 10.8. The number of benzene rings is 1. The number of aromatic nitrogens is 3. The Labute approximate surface area is 180 Å². The van der Waals surface area contributed by atoms with Gasteiger partial charge in [0, 0.05) is 24.7 Å². The number of hydrogen-bond acceptors (Lipinski definition) is 8. The summed E-state index contributed by atoms with van der Waals surface area (Å²) >= 11 is 0. The fourth-order valence-corrected chi connectivity index (χ4v) is 2.67. The Morgan fingerprint density at radius 1 is 0.900 bits per heavy atom. The SMILES string of the molecule is CC(C)Nc1nc(NCCOCCOCCN)nc(-c2ccc(C(C)(C)C)cc2)n1. The van der Waals surface area contributed by atoms with Crippen molar-refractivity contribution in [1.82, 2.24) is 15.0 Å². The molecule has 0 saturated carbocycles. The summed E-state index contributed by atoms with van der Waals surface area (Å²) in [6.07, 6.45) is 0. The quantitative estimate of drug-likeness (QED) is 0.453. The van der Waals surface area contributed by atoms with E-state index in [1.54, 1.807) is 0 Å². The third-order valence-corrected chi connectivity index (χ3v) is 4.23. The molecule has 0 bridgehead atoms. The largest absolute Gasteiger partial charge is 0.378 e. The van der Waals surface area contributed by atoms with Gasteiger partial charge in [0.15, 0.2) is 5.82 Å². The van der Waals surface area contributed by atoms with Crippen LogP contribution in [0.15, 0.2) is 24.3 Å². The normalized spacial score (nSPS) is 11.7. The molecule has 0 amide bonds. The first-order valence-corrected chi connectivity index (χ1v) is 10.5. The average molecular weight is 417 g/mol. The van der Waals surface area contributed by atoms with Crippen LogP contribution < -0.4 is 16.4 Å². The smallest absolute Gasteiger partial charge is 0.228 e. The summed E-state index contributed by atoms with van der Waals surface area (Å²) in [4.78, 5) is 13.7. The standard InChI is InChI=1S/C22H36N6O2/c1-16(2)25-21-27-19(17-6-8-18(9-7-17)22(3,4)5)26-20(28-21)24-11-13-30-15-14-29-12-10-23/h6-9,16H,10-15,23H2,1-5H3,(H2,24,25,26,27,28). The average Bonchev–Trinajstić information content (AvgIpc) is 2.69. The molecule has 0 aliphatic heterocycles. The van der Waals surface area contributed by atoms with E-state index in [4.69, 9.17) is 15.2 Å². The monoisotopic (exact) mass is 416 g/mol. The number of nitrogens with zero attached hydrogens (tertiary/aromatic N) is 3. The summed E-state index contributed by atoms with van der Waals surface area (Å²) in [5, 5.41) is 6.48. The molecule has 0 unspecified atom stereocenters. The van der Waals surface area contributed by atoms with Crippen molar-refractivity contribution in [3.8, 4) is 11.4 Å². The lowest BCUT2D eigenvalue weighted by atomic mass is 9.87. The van der Waals surface area contributed by atoms with Crippen LogP contribution in [0.25, 0.3) is 11.4 Å². The third kappa shape index (κ3) is 8.22. The fourth-order valence-electron chi connectivity index (χ4n) is 2.67. The predicted octanol–water partition coefficient (Wildman–Crippen LogP) is 3.06. The molecule has 1 heterocycles. The number of anilines is 2. The molecular weight excluding hydrogens is 380 g/mol. The van der Waals surface area contributed by atoms with Crippen molar-refractivity contribution in [2.24, 2.45) is 5.73 Å². The van der Waals surface area contributed by atoms with Crippen LogP contribution in [0, 0.1) is 0 Å². The van der Waals surface area contributed by atoms with E-state index in [0.29, 0.717) is 57.2 Å². The molecule has 1 aromatic heterocycles. The maximum Gasteiger partial charge on any atom is 0.228 e. The van der Waals surface area contributed by atoms with E-state index in [-0.39, 0.29) is 11.5 Å². The highest BCUT2D eigenvalue weighted by Gasteiger charge is 2.14. The van der Waals surface area contributed by atoms with Crippen molar-refractivity contribution >= 4 is 11.9 Å². The van der Waals surface area contributed by atoms with Gasteiger partial charge in [0.05, 0.1) is 26.4 Å². The molecule has 0 aliphatic rings. The molecule has 0 radical (unpaired) electrons. The van der Waals surface area contributed by atoms with E-state index in [9.17, 15) is 0 Å². The molecule has 2 rings (SSSR count). The van der Waals surface area contributed by atoms with Gasteiger partial charge in [-0.3, -0.25) is 0 Å². The van der Waals surface area contributed by atoms with E-state index in [1.165, 1.54) is 5.56 Å². The fraction of sp³-hybridized carbons (Fsp3) is 0.591. The zero-order chi connectivity index (χ0) is 22.0. The van der Waals surface area contributed by atoms with Crippen molar-refractivity contribution in [2.75, 3.05) is 50.2 Å². The lowest BCUT2D eigenvalue weighted by molar-refractivity contribution is 0.0547. The predicted molar refractivity (Wildman–Crippen MR) is 122 cm³/mol. The number of nitrogens with one attached hydrogen (secondary N) is 2. The highest BCUT2D eigenvalue weighted by atomic mass is 16.5. The molecule has 1 aromatic carbocycles. The zero-order valence-electron chi connectivity index (χ0n) is 18.9. The molecule has 0 aliphatic carbocycles. The number of rotatable bonds is 12. The van der Waals surface area contributed by atoms with Crippen LogP contribution in [0.3, 0.4) is 0 Å². The van der Waals surface area contributed by atoms with Gasteiger partial charge in [-0.1, -0.05) is 45.0 Å². The van der Waals surface area contributed by atoms with Crippen LogP contribution in [0.5, 0.6) is 0 Å². The summed E-state index contributed by atoms with van der Waals surface area (Å²) in [7, 11) is 0. The van der Waals surface area contributed by atoms with Crippen LogP contribution in [-0.4, -0.2) is 60.5 Å². The summed E-state index contributed by atoms with van der Waals surface area (Å²) in [5.41, 5.74) is 7.70. The summed E-state index contributed by atoms with van der Waals surface area (Å²) in [6, 6.07) is 8.59. The molecule has 166 valence electrons. The van der Waals surface area contributed by atoms with Gasteiger partial charge in [-0.25, -0.2) is 0 Å². The lowest BCUT2D eigenvalue weighted by Gasteiger charge is -2.19. The van der Waals surface area contributed by atoms with Crippen molar-refractivity contribution in [3.05, 3.63) is 29.8 Å². The van der Waals surface area contributed by atoms with Crippen molar-refractivity contribution in [2.45, 2.75) is 46.1 Å². The molecule has 0 atom stereocenters. The highest BCUT2D eigenvalue weighted by Crippen LogP contribution is 2.25. The van der Waals surface area contributed by atoms with Crippen LogP contribution >= 0.6 is 0 Å². The first-order chi connectivity index (χ1) is 14.3. The van der Waals surface area contributed by atoms with Gasteiger partial charge < -0.3 is 25.8 Å². The van der Waals surface area contributed by atoms with Gasteiger partial charge in [0.1, 0.15) is 0 Å². The molecule has 4 N–H and O–H groups in total. The molecule has 30 heavy (non-hydrogen) atoms. The second-order valence-corrected chi connectivity index (χ2v) is 8.37. The molecule has 8 nitrogen and oxygen atoms in total. The van der Waals surface area contributed by atoms with Crippen molar-refractivity contribution in [1.29, 1.82) is 0 Å². The maximum absolute atomic E-state index is 5.54. The number of ether oxygens (including phenoxy) is 2. The molecule has 8 heteroatoms. The van der Waals surface area contributed by atoms with E-state index in [0.717, 1.165) is 5.56 Å². The summed E-state index contributed by atoms with van der Waals surface area (Å²) in [5.74, 6) is 1.70. The zero-order valence-corrected chi connectivity index (χ0v) is 18.9. The Kier molecular flexibility index (Phi) is 9.42. The van der Waals surface area contributed by atoms with Gasteiger partial charge in [0.25, 0.3) is 0 Å². The minimum atomic E-state index is 0.101. The van der Waals surface area contributed by atoms with Crippen LogP contribution in [-0.2, 0) is 14.9 Å². The van der Waals surface area contributed by atoms with Crippen LogP contribution in [0.2, 0.25) is 0 Å². The van der Waals surface area contributed by atoms with Crippen molar-refractivity contribution < 1.29 is 9.47 Å². The lowest BCUT2D eigenvalue weighted by Crippen LogP contribution is -2.18. The van der Waals surface area contributed by atoms with Gasteiger partial charge in [-0.05, 0) is 24.8 Å². The first kappa shape index (κ1) is 24.0. The minimum Gasteiger partial charge on any atom is -0.378 e. The molecular formula is C22H36N6O2. The van der Waals surface area contributed by atoms with E-state index in [1.807, 2.05) is 0 Å².